The van der Waals surface area contributed by atoms with Gasteiger partial charge in [0.25, 0.3) is 6.29 Å². The number of aliphatic carboxylic acids is 1. The van der Waals surface area contributed by atoms with Crippen LogP contribution in [-0.2, 0) is 16.1 Å². The second-order valence-electron chi connectivity index (χ2n) is 7.26. The minimum atomic E-state index is -1.38. The minimum Gasteiger partial charge on any atom is -0.477 e. The summed E-state index contributed by atoms with van der Waals surface area (Å²) in [5.74, 6) is -0.682. The molecule has 6 heteroatoms. The van der Waals surface area contributed by atoms with Crippen molar-refractivity contribution in [1.82, 2.24) is 9.78 Å². The summed E-state index contributed by atoms with van der Waals surface area (Å²) in [6, 6.07) is 29.3. The van der Waals surface area contributed by atoms with E-state index in [2.05, 4.69) is 29.4 Å². The molecule has 0 fully saturated rings. The number of ether oxygens (including phenoxy) is 2. The van der Waals surface area contributed by atoms with Crippen LogP contribution in [0.2, 0.25) is 0 Å². The second kappa shape index (κ2) is 10.4. The molecule has 162 valence electrons. The molecule has 1 heterocycles. The van der Waals surface area contributed by atoms with Gasteiger partial charge in [-0.1, -0.05) is 78.9 Å². The van der Waals surface area contributed by atoms with Gasteiger partial charge < -0.3 is 14.6 Å². The van der Waals surface area contributed by atoms with Crippen molar-refractivity contribution in [3.05, 3.63) is 120 Å². The highest BCUT2D eigenvalue weighted by molar-refractivity contribution is 5.71. The van der Waals surface area contributed by atoms with Crippen LogP contribution in [0.15, 0.2) is 103 Å². The molecular formula is C26H24N2O4. The smallest absolute Gasteiger partial charge is 0.373 e. The van der Waals surface area contributed by atoms with Gasteiger partial charge in [0, 0.05) is 17.7 Å². The van der Waals surface area contributed by atoms with Crippen molar-refractivity contribution in [3.63, 3.8) is 0 Å². The standard InChI is InChI=1S/C26H24N2O4/c29-25(30)26(32-23-14-8-3-9-15-23)31-17-16-28-19-22(18-27-28)24(20-10-4-1-5-11-20)21-12-6-2-7-13-21/h1-15,18-19,24,26H,16-17H2,(H,29,30). The Kier molecular flexibility index (Phi) is 6.94. The van der Waals surface area contributed by atoms with Gasteiger partial charge in [0.1, 0.15) is 5.75 Å². The number of carboxylic acid groups (broad SMARTS) is 1. The molecule has 1 N–H and O–H groups in total. The lowest BCUT2D eigenvalue weighted by atomic mass is 9.87. The first-order chi connectivity index (χ1) is 15.7. The Bertz CT molecular complexity index is 1070. The minimum absolute atomic E-state index is 0.0558. The predicted octanol–water partition coefficient (Wildman–Crippen LogP) is 4.57. The summed E-state index contributed by atoms with van der Waals surface area (Å²) in [6.07, 6.45) is 2.44. The molecule has 32 heavy (non-hydrogen) atoms. The predicted molar refractivity (Wildman–Crippen MR) is 121 cm³/mol. The molecule has 0 aliphatic carbocycles. The van der Waals surface area contributed by atoms with Crippen molar-refractivity contribution < 1.29 is 19.4 Å². The van der Waals surface area contributed by atoms with Gasteiger partial charge in [-0.25, -0.2) is 4.79 Å². The Labute approximate surface area is 186 Å². The Morgan fingerprint density at radius 2 is 1.41 bits per heavy atom. The summed E-state index contributed by atoms with van der Waals surface area (Å²) >= 11 is 0. The largest absolute Gasteiger partial charge is 0.477 e. The number of para-hydroxylation sites is 1. The Hall–Kier alpha value is -3.90. The Balaban J connectivity index is 1.43. The zero-order valence-electron chi connectivity index (χ0n) is 17.5. The fourth-order valence-electron chi connectivity index (χ4n) is 3.55. The fourth-order valence-corrected chi connectivity index (χ4v) is 3.55. The number of benzene rings is 3. The molecule has 1 aromatic heterocycles. The van der Waals surface area contributed by atoms with Crippen LogP contribution in [0, 0.1) is 0 Å². The molecule has 4 aromatic rings. The van der Waals surface area contributed by atoms with Gasteiger partial charge in [-0.05, 0) is 23.3 Å². The third-order valence-corrected chi connectivity index (χ3v) is 5.03. The van der Waals surface area contributed by atoms with E-state index >= 15 is 0 Å². The van der Waals surface area contributed by atoms with Gasteiger partial charge >= 0.3 is 5.97 Å². The van der Waals surface area contributed by atoms with Crippen molar-refractivity contribution in [2.24, 2.45) is 0 Å². The van der Waals surface area contributed by atoms with Crippen LogP contribution >= 0.6 is 0 Å². The number of carbonyl (C=O) groups is 1. The first-order valence-electron chi connectivity index (χ1n) is 10.4. The Morgan fingerprint density at radius 1 is 0.844 bits per heavy atom. The zero-order chi connectivity index (χ0) is 22.2. The molecule has 0 aliphatic heterocycles. The van der Waals surface area contributed by atoms with Crippen molar-refractivity contribution in [2.45, 2.75) is 18.8 Å². The SMILES string of the molecule is O=C(O)C(OCCn1cc(C(c2ccccc2)c2ccccc2)cn1)Oc1ccccc1. The van der Waals surface area contributed by atoms with Gasteiger partial charge in [0.05, 0.1) is 19.3 Å². The molecule has 0 spiro atoms. The molecule has 0 amide bonds. The third-order valence-electron chi connectivity index (χ3n) is 5.03. The van der Waals surface area contributed by atoms with Gasteiger partial charge in [-0.3, -0.25) is 4.68 Å². The van der Waals surface area contributed by atoms with E-state index in [-0.39, 0.29) is 12.5 Å². The average molecular weight is 428 g/mol. The molecule has 0 saturated carbocycles. The molecule has 1 atom stereocenters. The number of hydrogen-bond acceptors (Lipinski definition) is 4. The van der Waals surface area contributed by atoms with Crippen LogP contribution in [0.4, 0.5) is 0 Å². The van der Waals surface area contributed by atoms with E-state index < -0.39 is 12.3 Å². The topological polar surface area (TPSA) is 73.6 Å². The van der Waals surface area contributed by atoms with Crippen LogP contribution in [0.5, 0.6) is 5.75 Å². The van der Waals surface area contributed by atoms with E-state index in [0.717, 1.165) is 5.56 Å². The molecule has 4 rings (SSSR count). The van der Waals surface area contributed by atoms with E-state index in [4.69, 9.17) is 9.47 Å². The first-order valence-corrected chi connectivity index (χ1v) is 10.4. The number of nitrogens with zero attached hydrogens (tertiary/aromatic N) is 2. The van der Waals surface area contributed by atoms with Gasteiger partial charge in [-0.15, -0.1) is 0 Å². The lowest BCUT2D eigenvalue weighted by Crippen LogP contribution is -2.31. The van der Waals surface area contributed by atoms with E-state index in [1.165, 1.54) is 11.1 Å². The van der Waals surface area contributed by atoms with Crippen molar-refractivity contribution >= 4 is 5.97 Å². The lowest BCUT2D eigenvalue weighted by Gasteiger charge is -2.17. The summed E-state index contributed by atoms with van der Waals surface area (Å²) in [4.78, 5) is 11.5. The van der Waals surface area contributed by atoms with Crippen LogP contribution in [0.3, 0.4) is 0 Å². The maximum Gasteiger partial charge on any atom is 0.373 e. The monoisotopic (exact) mass is 428 g/mol. The van der Waals surface area contributed by atoms with Crippen molar-refractivity contribution in [1.29, 1.82) is 0 Å². The maximum atomic E-state index is 11.5. The second-order valence-corrected chi connectivity index (χ2v) is 7.26. The van der Waals surface area contributed by atoms with Crippen LogP contribution in [-0.4, -0.2) is 33.8 Å². The van der Waals surface area contributed by atoms with E-state index in [9.17, 15) is 9.90 Å². The zero-order valence-corrected chi connectivity index (χ0v) is 17.5. The summed E-state index contributed by atoms with van der Waals surface area (Å²) in [5.41, 5.74) is 3.41. The molecule has 0 radical (unpaired) electrons. The highest BCUT2D eigenvalue weighted by Gasteiger charge is 2.21. The highest BCUT2D eigenvalue weighted by atomic mass is 16.7. The molecule has 6 nitrogen and oxygen atoms in total. The summed E-state index contributed by atoms with van der Waals surface area (Å²) in [7, 11) is 0. The van der Waals surface area contributed by atoms with Gasteiger partial charge in [0.2, 0.25) is 0 Å². The number of aromatic nitrogens is 2. The molecule has 1 unspecified atom stereocenters. The number of hydrogen-bond donors (Lipinski definition) is 1. The fraction of sp³-hybridized carbons (Fsp3) is 0.154. The normalized spacial score (nSPS) is 11.9. The van der Waals surface area contributed by atoms with Crippen molar-refractivity contribution in [3.8, 4) is 5.75 Å². The summed E-state index contributed by atoms with van der Waals surface area (Å²) < 4.78 is 12.6. The lowest BCUT2D eigenvalue weighted by molar-refractivity contribution is -0.171. The van der Waals surface area contributed by atoms with E-state index in [1.807, 2.05) is 54.9 Å². The third kappa shape index (κ3) is 5.42. The van der Waals surface area contributed by atoms with Gasteiger partial charge in [-0.2, -0.15) is 5.10 Å². The summed E-state index contributed by atoms with van der Waals surface area (Å²) in [6.45, 7) is 0.546. The van der Waals surface area contributed by atoms with E-state index in [1.54, 1.807) is 28.9 Å². The molecular weight excluding hydrogens is 404 g/mol. The first kappa shape index (κ1) is 21.3. The maximum absolute atomic E-state index is 11.5. The summed E-state index contributed by atoms with van der Waals surface area (Å²) in [5, 5.41) is 13.9. The van der Waals surface area contributed by atoms with Crippen LogP contribution in [0.1, 0.15) is 22.6 Å². The van der Waals surface area contributed by atoms with E-state index in [0.29, 0.717) is 12.3 Å². The molecule has 0 bridgehead atoms. The van der Waals surface area contributed by atoms with Crippen molar-refractivity contribution in [2.75, 3.05) is 6.61 Å². The highest BCUT2D eigenvalue weighted by Crippen LogP contribution is 2.31. The molecule has 0 saturated heterocycles. The van der Waals surface area contributed by atoms with Gasteiger partial charge in [0.15, 0.2) is 0 Å². The molecule has 0 aliphatic rings. The van der Waals surface area contributed by atoms with Crippen LogP contribution in [0.25, 0.3) is 0 Å². The van der Waals surface area contributed by atoms with Crippen LogP contribution < -0.4 is 4.74 Å². The Morgan fingerprint density at radius 3 is 1.97 bits per heavy atom. The number of rotatable bonds is 10. The quantitative estimate of drug-likeness (QED) is 0.375. The average Bonchev–Trinajstić information content (AvgIpc) is 3.29. The molecule has 3 aromatic carbocycles. The number of carboxylic acids is 1.